The Balaban J connectivity index is 1.45. The Morgan fingerprint density at radius 2 is 1.63 bits per heavy atom. The fraction of sp³-hybridized carbons (Fsp3) is 0.179. The van der Waals surface area contributed by atoms with Gasteiger partial charge in [-0.1, -0.05) is 38.1 Å². The number of fused-ring (bicyclic) bond motifs is 1. The van der Waals surface area contributed by atoms with Gasteiger partial charge in [0.1, 0.15) is 23.6 Å². The van der Waals surface area contributed by atoms with Crippen LogP contribution in [0.5, 0.6) is 11.5 Å². The number of carbonyl (C=O) groups excluding carboxylic acids is 1. The molecule has 7 nitrogen and oxygen atoms in total. The van der Waals surface area contributed by atoms with E-state index in [4.69, 9.17) is 4.74 Å². The number of carbonyl (C=O) groups is 1. The molecule has 0 unspecified atom stereocenters. The van der Waals surface area contributed by atoms with Crippen LogP contribution in [0.3, 0.4) is 0 Å². The second-order valence-corrected chi connectivity index (χ2v) is 7.90. The Morgan fingerprint density at radius 3 is 2.37 bits per heavy atom. The summed E-state index contributed by atoms with van der Waals surface area (Å²) in [4.78, 5) is 23.4. The fourth-order valence-electron chi connectivity index (χ4n) is 3.58. The van der Waals surface area contributed by atoms with Gasteiger partial charge in [-0.3, -0.25) is 4.79 Å². The lowest BCUT2D eigenvalue weighted by molar-refractivity contribution is -0.111. The van der Waals surface area contributed by atoms with E-state index in [0.29, 0.717) is 11.5 Å². The van der Waals surface area contributed by atoms with Crippen LogP contribution in [0.4, 0.5) is 17.2 Å². The highest BCUT2D eigenvalue weighted by atomic mass is 16.5. The van der Waals surface area contributed by atoms with E-state index in [1.165, 1.54) is 6.33 Å². The molecule has 3 aromatic carbocycles. The van der Waals surface area contributed by atoms with Gasteiger partial charge >= 0.3 is 0 Å². The van der Waals surface area contributed by atoms with Gasteiger partial charge in [0.05, 0.1) is 5.52 Å². The predicted molar refractivity (Wildman–Crippen MR) is 141 cm³/mol. The number of nitrogens with one attached hydrogen (secondary N) is 2. The van der Waals surface area contributed by atoms with Crippen LogP contribution in [-0.2, 0) is 4.79 Å². The number of amides is 1. The zero-order chi connectivity index (χ0) is 24.5. The first-order chi connectivity index (χ1) is 17.1. The minimum absolute atomic E-state index is 0.170. The van der Waals surface area contributed by atoms with Crippen molar-refractivity contribution in [3.05, 3.63) is 91.3 Å². The molecule has 0 aliphatic carbocycles. The van der Waals surface area contributed by atoms with Crippen LogP contribution < -0.4 is 15.4 Å². The number of aromatic nitrogens is 2. The molecule has 178 valence electrons. The lowest BCUT2D eigenvalue weighted by Crippen LogP contribution is -2.23. The molecule has 0 saturated carbocycles. The third-order valence-electron chi connectivity index (χ3n) is 5.53. The normalized spacial score (nSPS) is 11.2. The van der Waals surface area contributed by atoms with Crippen LogP contribution in [0.2, 0.25) is 0 Å². The van der Waals surface area contributed by atoms with Crippen molar-refractivity contribution in [2.75, 3.05) is 30.3 Å². The molecule has 35 heavy (non-hydrogen) atoms. The van der Waals surface area contributed by atoms with Crippen LogP contribution in [0.15, 0.2) is 91.3 Å². The molecule has 0 spiro atoms. The zero-order valence-electron chi connectivity index (χ0n) is 19.9. The SMILES string of the molecule is CCN(CC)C/C=C/C(=O)Nc1ccc2ncnc(Nc3ccc(Oc4ccccc4)cc3)c2c1. The third-order valence-corrected chi connectivity index (χ3v) is 5.53. The number of hydrogen-bond acceptors (Lipinski definition) is 6. The summed E-state index contributed by atoms with van der Waals surface area (Å²) in [5.41, 5.74) is 2.32. The molecule has 0 saturated heterocycles. The van der Waals surface area contributed by atoms with Gasteiger partial charge in [-0.05, 0) is 67.7 Å². The molecule has 4 rings (SSSR count). The van der Waals surface area contributed by atoms with Crippen LogP contribution in [0, 0.1) is 0 Å². The summed E-state index contributed by atoms with van der Waals surface area (Å²) in [6, 6.07) is 22.9. The van der Waals surface area contributed by atoms with E-state index in [9.17, 15) is 4.79 Å². The van der Waals surface area contributed by atoms with Crippen LogP contribution in [-0.4, -0.2) is 40.4 Å². The van der Waals surface area contributed by atoms with Crippen molar-refractivity contribution in [2.24, 2.45) is 0 Å². The molecule has 4 aromatic rings. The van der Waals surface area contributed by atoms with Gasteiger partial charge < -0.3 is 20.3 Å². The van der Waals surface area contributed by atoms with E-state index in [2.05, 4.69) is 39.3 Å². The van der Waals surface area contributed by atoms with Crippen molar-refractivity contribution in [2.45, 2.75) is 13.8 Å². The molecule has 0 aliphatic rings. The second-order valence-electron chi connectivity index (χ2n) is 7.90. The van der Waals surface area contributed by atoms with E-state index < -0.39 is 0 Å². The Bertz CT molecular complexity index is 1290. The summed E-state index contributed by atoms with van der Waals surface area (Å²) in [7, 11) is 0. The highest BCUT2D eigenvalue weighted by Crippen LogP contribution is 2.28. The topological polar surface area (TPSA) is 79.4 Å². The Labute approximate surface area is 205 Å². The number of anilines is 3. The lowest BCUT2D eigenvalue weighted by Gasteiger charge is -2.14. The maximum atomic E-state index is 12.4. The summed E-state index contributed by atoms with van der Waals surface area (Å²) in [6.07, 6.45) is 4.97. The van der Waals surface area contributed by atoms with Crippen molar-refractivity contribution in [3.8, 4) is 11.5 Å². The first-order valence-electron chi connectivity index (χ1n) is 11.7. The molecule has 2 N–H and O–H groups in total. The Kier molecular flexibility index (Phi) is 8.04. The van der Waals surface area contributed by atoms with Gasteiger partial charge in [0, 0.05) is 29.4 Å². The third kappa shape index (κ3) is 6.65. The standard InChI is InChI=1S/C28H29N5O2/c1-3-33(4-2)18-8-11-27(34)31-22-14-17-26-25(19-22)28(30-20-29-26)32-21-12-15-24(16-13-21)35-23-9-6-5-7-10-23/h5-17,19-20H,3-4,18H2,1-2H3,(H,31,34)(H,29,30,32)/b11-8+. The minimum atomic E-state index is -0.170. The summed E-state index contributed by atoms with van der Waals surface area (Å²) >= 11 is 0. The monoisotopic (exact) mass is 467 g/mol. The first kappa shape index (κ1) is 23.9. The lowest BCUT2D eigenvalue weighted by atomic mass is 10.2. The van der Waals surface area contributed by atoms with E-state index in [1.807, 2.05) is 78.9 Å². The largest absolute Gasteiger partial charge is 0.457 e. The second kappa shape index (κ2) is 11.8. The summed E-state index contributed by atoms with van der Waals surface area (Å²) in [5.74, 6) is 2.01. The molecule has 1 amide bonds. The fourth-order valence-corrected chi connectivity index (χ4v) is 3.58. The van der Waals surface area contributed by atoms with Crippen molar-refractivity contribution in [3.63, 3.8) is 0 Å². The number of likely N-dealkylation sites (N-methyl/N-ethyl adjacent to an activating group) is 1. The minimum Gasteiger partial charge on any atom is -0.457 e. The van der Waals surface area contributed by atoms with Gasteiger partial charge in [0.15, 0.2) is 0 Å². The van der Waals surface area contributed by atoms with Gasteiger partial charge in [-0.15, -0.1) is 0 Å². The van der Waals surface area contributed by atoms with Gasteiger partial charge in [0.2, 0.25) is 5.91 Å². The molecule has 0 bridgehead atoms. The number of para-hydroxylation sites is 1. The highest BCUT2D eigenvalue weighted by molar-refractivity contribution is 6.01. The quantitative estimate of drug-likeness (QED) is 0.278. The van der Waals surface area contributed by atoms with E-state index in [-0.39, 0.29) is 5.91 Å². The van der Waals surface area contributed by atoms with Crippen LogP contribution in [0.25, 0.3) is 10.9 Å². The summed E-state index contributed by atoms with van der Waals surface area (Å²) < 4.78 is 5.86. The number of rotatable bonds is 10. The highest BCUT2D eigenvalue weighted by Gasteiger charge is 2.07. The van der Waals surface area contributed by atoms with E-state index in [0.717, 1.165) is 47.7 Å². The van der Waals surface area contributed by atoms with Gasteiger partial charge in [0.25, 0.3) is 0 Å². The van der Waals surface area contributed by atoms with E-state index in [1.54, 1.807) is 6.08 Å². The van der Waals surface area contributed by atoms with E-state index >= 15 is 0 Å². The van der Waals surface area contributed by atoms with Crippen molar-refractivity contribution in [1.29, 1.82) is 0 Å². The predicted octanol–water partition coefficient (Wildman–Crippen LogP) is 6.00. The zero-order valence-corrected chi connectivity index (χ0v) is 19.9. The average molecular weight is 468 g/mol. The maximum absolute atomic E-state index is 12.4. The van der Waals surface area contributed by atoms with Crippen molar-refractivity contribution in [1.82, 2.24) is 14.9 Å². The molecular weight excluding hydrogens is 438 g/mol. The first-order valence-corrected chi connectivity index (χ1v) is 11.7. The maximum Gasteiger partial charge on any atom is 0.248 e. The molecular formula is C28H29N5O2. The number of ether oxygens (including phenoxy) is 1. The molecule has 1 aromatic heterocycles. The molecule has 0 fully saturated rings. The number of nitrogens with zero attached hydrogens (tertiary/aromatic N) is 3. The Hall–Kier alpha value is -4.23. The molecule has 1 heterocycles. The number of benzene rings is 3. The van der Waals surface area contributed by atoms with Crippen molar-refractivity contribution < 1.29 is 9.53 Å². The molecule has 0 aliphatic heterocycles. The van der Waals surface area contributed by atoms with Gasteiger partial charge in [-0.25, -0.2) is 9.97 Å². The van der Waals surface area contributed by atoms with Crippen LogP contribution >= 0.6 is 0 Å². The molecule has 0 radical (unpaired) electrons. The average Bonchev–Trinajstić information content (AvgIpc) is 2.89. The molecule has 7 heteroatoms. The van der Waals surface area contributed by atoms with Gasteiger partial charge in [-0.2, -0.15) is 0 Å². The Morgan fingerprint density at radius 1 is 0.914 bits per heavy atom. The van der Waals surface area contributed by atoms with Crippen LogP contribution in [0.1, 0.15) is 13.8 Å². The summed E-state index contributed by atoms with van der Waals surface area (Å²) in [5, 5.41) is 7.07. The van der Waals surface area contributed by atoms with Crippen molar-refractivity contribution >= 4 is 34.0 Å². The molecule has 0 atom stereocenters. The summed E-state index contributed by atoms with van der Waals surface area (Å²) in [6.45, 7) is 6.85. The number of hydrogen-bond donors (Lipinski definition) is 2. The smallest absolute Gasteiger partial charge is 0.248 e.